The van der Waals surface area contributed by atoms with Crippen molar-refractivity contribution >= 4 is 40.4 Å². The van der Waals surface area contributed by atoms with Gasteiger partial charge in [-0.1, -0.05) is 23.7 Å². The highest BCUT2D eigenvalue weighted by Crippen LogP contribution is 2.21. The minimum atomic E-state index is -0.289. The number of aromatic nitrogens is 1. The van der Waals surface area contributed by atoms with Crippen molar-refractivity contribution in [1.82, 2.24) is 4.98 Å². The number of pyridine rings is 1. The third-order valence-corrected chi connectivity index (χ3v) is 4.13. The van der Waals surface area contributed by atoms with Gasteiger partial charge >= 0.3 is 0 Å². The Morgan fingerprint density at radius 2 is 1.65 bits per heavy atom. The molecule has 0 saturated carbocycles. The molecule has 26 heavy (non-hydrogen) atoms. The molecule has 132 valence electrons. The summed E-state index contributed by atoms with van der Waals surface area (Å²) in [5.74, 6) is 0.173. The van der Waals surface area contributed by atoms with E-state index in [2.05, 4.69) is 15.6 Å². The molecule has 3 rings (SSSR count). The van der Waals surface area contributed by atoms with Gasteiger partial charge in [0.15, 0.2) is 0 Å². The molecule has 2 N–H and O–H groups in total. The fourth-order valence-electron chi connectivity index (χ4n) is 2.38. The number of carbonyl (C=O) groups excluding carboxylic acids is 1. The molecule has 2 aromatic carbocycles. The van der Waals surface area contributed by atoms with E-state index in [0.717, 1.165) is 17.1 Å². The maximum atomic E-state index is 12.2. The van der Waals surface area contributed by atoms with Crippen molar-refractivity contribution in [2.24, 2.45) is 0 Å². The van der Waals surface area contributed by atoms with Gasteiger partial charge in [0.25, 0.3) is 5.91 Å². The molecule has 3 aromatic rings. The van der Waals surface area contributed by atoms with Crippen LogP contribution in [0.25, 0.3) is 0 Å². The van der Waals surface area contributed by atoms with Gasteiger partial charge in [-0.15, -0.1) is 0 Å². The second kappa shape index (κ2) is 7.89. The predicted octanol–water partition coefficient (Wildman–Crippen LogP) is 4.80. The highest BCUT2D eigenvalue weighted by atomic mass is 35.5. The van der Waals surface area contributed by atoms with Gasteiger partial charge in [0.1, 0.15) is 5.82 Å². The van der Waals surface area contributed by atoms with E-state index in [1.807, 2.05) is 49.3 Å². The second-order valence-electron chi connectivity index (χ2n) is 5.93. The summed E-state index contributed by atoms with van der Waals surface area (Å²) in [6.45, 7) is 0. The third-order valence-electron chi connectivity index (χ3n) is 3.80. The van der Waals surface area contributed by atoms with Gasteiger partial charge in [-0.25, -0.2) is 4.98 Å². The van der Waals surface area contributed by atoms with Crippen molar-refractivity contribution in [3.63, 3.8) is 0 Å². The number of nitrogens with zero attached hydrogens (tertiary/aromatic N) is 2. The van der Waals surface area contributed by atoms with Gasteiger partial charge in [0.05, 0.1) is 22.5 Å². The molecule has 0 fully saturated rings. The molecule has 0 aliphatic rings. The second-order valence-corrected chi connectivity index (χ2v) is 6.34. The van der Waals surface area contributed by atoms with Crippen LogP contribution in [0.2, 0.25) is 5.02 Å². The van der Waals surface area contributed by atoms with E-state index in [9.17, 15) is 4.79 Å². The van der Waals surface area contributed by atoms with Crippen LogP contribution in [0.5, 0.6) is 0 Å². The van der Waals surface area contributed by atoms with Gasteiger partial charge in [-0.2, -0.15) is 0 Å². The Balaban J connectivity index is 1.65. The molecule has 6 heteroatoms. The lowest BCUT2D eigenvalue weighted by atomic mass is 10.2. The Hall–Kier alpha value is -3.05. The highest BCUT2D eigenvalue weighted by Gasteiger charge is 2.10. The minimum absolute atomic E-state index is 0.289. The minimum Gasteiger partial charge on any atom is -0.378 e. The van der Waals surface area contributed by atoms with Crippen LogP contribution in [0.1, 0.15) is 10.4 Å². The van der Waals surface area contributed by atoms with Crippen LogP contribution in [0.15, 0.2) is 66.9 Å². The van der Waals surface area contributed by atoms with E-state index in [4.69, 9.17) is 11.6 Å². The number of amides is 1. The standard InChI is InChI=1S/C20H19ClN4O/c1-25(2)16-10-7-14(8-11-16)23-15-9-12-19(22-13-15)24-20(26)17-5-3-4-6-18(17)21/h3-13,23H,1-2H3,(H,22,24,26). The molecule has 1 aromatic heterocycles. The van der Waals surface area contributed by atoms with E-state index in [1.165, 1.54) is 0 Å². The van der Waals surface area contributed by atoms with Crippen LogP contribution in [-0.4, -0.2) is 25.0 Å². The van der Waals surface area contributed by atoms with Gasteiger partial charge in [-0.3, -0.25) is 4.79 Å². The number of nitrogens with one attached hydrogen (secondary N) is 2. The van der Waals surface area contributed by atoms with Crippen LogP contribution < -0.4 is 15.5 Å². The number of rotatable bonds is 5. The molecule has 1 amide bonds. The van der Waals surface area contributed by atoms with E-state index in [1.54, 1.807) is 36.5 Å². The summed E-state index contributed by atoms with van der Waals surface area (Å²) < 4.78 is 0. The van der Waals surface area contributed by atoms with Crippen LogP contribution in [0.3, 0.4) is 0 Å². The number of benzene rings is 2. The summed E-state index contributed by atoms with van der Waals surface area (Å²) in [6.07, 6.45) is 1.67. The molecule has 0 saturated heterocycles. The molecule has 0 aliphatic carbocycles. The van der Waals surface area contributed by atoms with Gasteiger partial charge in [0.2, 0.25) is 0 Å². The number of halogens is 1. The molecule has 0 unspecified atom stereocenters. The first kappa shape index (κ1) is 17.8. The van der Waals surface area contributed by atoms with E-state index >= 15 is 0 Å². The van der Waals surface area contributed by atoms with E-state index in [0.29, 0.717) is 16.4 Å². The first-order valence-corrected chi connectivity index (χ1v) is 8.47. The zero-order valence-corrected chi connectivity index (χ0v) is 15.3. The Bertz CT molecular complexity index is 892. The molecule has 0 atom stereocenters. The van der Waals surface area contributed by atoms with Crippen LogP contribution in [0.4, 0.5) is 22.9 Å². The molecular weight excluding hydrogens is 348 g/mol. The number of hydrogen-bond acceptors (Lipinski definition) is 4. The van der Waals surface area contributed by atoms with Crippen molar-refractivity contribution in [3.8, 4) is 0 Å². The topological polar surface area (TPSA) is 57.3 Å². The summed E-state index contributed by atoms with van der Waals surface area (Å²) in [6, 6.07) is 18.6. The molecule has 0 spiro atoms. The van der Waals surface area contributed by atoms with Gasteiger partial charge in [-0.05, 0) is 48.5 Å². The zero-order chi connectivity index (χ0) is 18.5. The lowest BCUT2D eigenvalue weighted by Crippen LogP contribution is -2.13. The average Bonchev–Trinajstić information content (AvgIpc) is 2.64. The summed E-state index contributed by atoms with van der Waals surface area (Å²) in [5, 5.41) is 6.43. The maximum Gasteiger partial charge on any atom is 0.258 e. The van der Waals surface area contributed by atoms with Crippen LogP contribution >= 0.6 is 11.6 Å². The third kappa shape index (κ3) is 4.32. The lowest BCUT2D eigenvalue weighted by molar-refractivity contribution is 0.102. The van der Waals surface area contributed by atoms with E-state index < -0.39 is 0 Å². The zero-order valence-electron chi connectivity index (χ0n) is 14.5. The van der Waals surface area contributed by atoms with Crippen molar-refractivity contribution in [1.29, 1.82) is 0 Å². The molecule has 0 radical (unpaired) electrons. The van der Waals surface area contributed by atoms with Crippen molar-refractivity contribution < 1.29 is 4.79 Å². The maximum absolute atomic E-state index is 12.2. The predicted molar refractivity (Wildman–Crippen MR) is 108 cm³/mol. The number of hydrogen-bond donors (Lipinski definition) is 2. The molecule has 5 nitrogen and oxygen atoms in total. The summed E-state index contributed by atoms with van der Waals surface area (Å²) in [4.78, 5) is 18.6. The average molecular weight is 367 g/mol. The monoisotopic (exact) mass is 366 g/mol. The van der Waals surface area contributed by atoms with Crippen LogP contribution in [0, 0.1) is 0 Å². The fraction of sp³-hybridized carbons (Fsp3) is 0.100. The Kier molecular flexibility index (Phi) is 5.39. The first-order chi connectivity index (χ1) is 12.5. The summed E-state index contributed by atoms with van der Waals surface area (Å²) in [7, 11) is 4.00. The molecule has 0 bridgehead atoms. The smallest absolute Gasteiger partial charge is 0.258 e. The number of carbonyl (C=O) groups is 1. The van der Waals surface area contributed by atoms with Gasteiger partial charge < -0.3 is 15.5 Å². The lowest BCUT2D eigenvalue weighted by Gasteiger charge is -2.13. The van der Waals surface area contributed by atoms with Crippen molar-refractivity contribution in [3.05, 3.63) is 77.4 Å². The number of anilines is 4. The summed E-state index contributed by atoms with van der Waals surface area (Å²) in [5.41, 5.74) is 3.34. The van der Waals surface area contributed by atoms with Crippen LogP contribution in [-0.2, 0) is 0 Å². The quantitative estimate of drug-likeness (QED) is 0.681. The largest absolute Gasteiger partial charge is 0.378 e. The summed E-state index contributed by atoms with van der Waals surface area (Å²) >= 11 is 6.04. The first-order valence-electron chi connectivity index (χ1n) is 8.09. The molecule has 1 heterocycles. The SMILES string of the molecule is CN(C)c1ccc(Nc2ccc(NC(=O)c3ccccc3Cl)nc2)cc1. The van der Waals surface area contributed by atoms with Crippen molar-refractivity contribution in [2.75, 3.05) is 29.6 Å². The molecule has 0 aliphatic heterocycles. The highest BCUT2D eigenvalue weighted by molar-refractivity contribution is 6.34. The fourth-order valence-corrected chi connectivity index (χ4v) is 2.60. The molecular formula is C20H19ClN4O. The normalized spacial score (nSPS) is 10.3. The van der Waals surface area contributed by atoms with Crippen molar-refractivity contribution in [2.45, 2.75) is 0 Å². The Morgan fingerprint density at radius 1 is 0.962 bits per heavy atom. The van der Waals surface area contributed by atoms with E-state index in [-0.39, 0.29) is 5.91 Å². The Labute approximate surface area is 157 Å². The Morgan fingerprint density at radius 3 is 2.27 bits per heavy atom. The van der Waals surface area contributed by atoms with Gasteiger partial charge in [0, 0.05) is 25.5 Å².